The van der Waals surface area contributed by atoms with Gasteiger partial charge in [-0.05, 0) is 29.7 Å². The van der Waals surface area contributed by atoms with Gasteiger partial charge in [0.15, 0.2) is 0 Å². The normalized spacial score (nSPS) is 11.9. The average molecular weight is 303 g/mol. The van der Waals surface area contributed by atoms with Gasteiger partial charge < -0.3 is 11.1 Å². The fraction of sp³-hybridized carbons (Fsp3) is 0.235. The van der Waals surface area contributed by atoms with E-state index in [0.29, 0.717) is 18.0 Å². The Morgan fingerprint density at radius 3 is 2.62 bits per heavy atom. The Balaban J connectivity index is 1.75. The van der Waals surface area contributed by atoms with Crippen molar-refractivity contribution < 1.29 is 4.79 Å². The topological polar surface area (TPSA) is 55.1 Å². The maximum Gasteiger partial charge on any atom is 0.221 e. The van der Waals surface area contributed by atoms with Crippen molar-refractivity contribution in [3.8, 4) is 0 Å². The molecule has 0 aliphatic rings. The molecule has 1 amide bonds. The van der Waals surface area contributed by atoms with Crippen LogP contribution < -0.4 is 11.1 Å². The van der Waals surface area contributed by atoms with Gasteiger partial charge in [-0.1, -0.05) is 54.1 Å². The van der Waals surface area contributed by atoms with Crippen molar-refractivity contribution in [3.05, 3.63) is 70.7 Å². The molecule has 1 atom stereocenters. The van der Waals surface area contributed by atoms with Crippen molar-refractivity contribution in [2.24, 2.45) is 5.73 Å². The minimum atomic E-state index is -0.266. The Labute approximate surface area is 130 Å². The third-order valence-corrected chi connectivity index (χ3v) is 3.49. The van der Waals surface area contributed by atoms with Crippen molar-refractivity contribution in [1.29, 1.82) is 0 Å². The molecule has 3 N–H and O–H groups in total. The second-order valence-electron chi connectivity index (χ2n) is 4.95. The minimum Gasteiger partial charge on any atom is -0.356 e. The molecule has 0 heterocycles. The van der Waals surface area contributed by atoms with Gasteiger partial charge in [0.25, 0.3) is 0 Å². The summed E-state index contributed by atoms with van der Waals surface area (Å²) in [6, 6.07) is 17.0. The van der Waals surface area contributed by atoms with E-state index in [1.807, 2.05) is 54.6 Å². The summed E-state index contributed by atoms with van der Waals surface area (Å²) in [5.41, 5.74) is 8.10. The lowest BCUT2D eigenvalue weighted by molar-refractivity contribution is -0.121. The Morgan fingerprint density at radius 1 is 1.14 bits per heavy atom. The smallest absolute Gasteiger partial charge is 0.221 e. The summed E-state index contributed by atoms with van der Waals surface area (Å²) < 4.78 is 0. The van der Waals surface area contributed by atoms with E-state index in [9.17, 15) is 4.79 Å². The van der Waals surface area contributed by atoms with Crippen LogP contribution in [0.1, 0.15) is 23.6 Å². The molecule has 21 heavy (non-hydrogen) atoms. The van der Waals surface area contributed by atoms with Crippen LogP contribution in [0, 0.1) is 0 Å². The molecule has 1 unspecified atom stereocenters. The lowest BCUT2D eigenvalue weighted by Crippen LogP contribution is -2.29. The molecule has 3 nitrogen and oxygen atoms in total. The van der Waals surface area contributed by atoms with Crippen LogP contribution in [0.25, 0.3) is 0 Å². The summed E-state index contributed by atoms with van der Waals surface area (Å²) in [6.07, 6.45) is 1.05. The van der Waals surface area contributed by atoms with Crippen LogP contribution in [0.5, 0.6) is 0 Å². The second kappa shape index (κ2) is 7.81. The van der Waals surface area contributed by atoms with Gasteiger partial charge in [-0.3, -0.25) is 4.79 Å². The molecule has 2 rings (SSSR count). The predicted octanol–water partition coefficient (Wildman–Crippen LogP) is 3.09. The van der Waals surface area contributed by atoms with E-state index >= 15 is 0 Å². The molecule has 4 heteroatoms. The molecule has 0 saturated carbocycles. The molecule has 0 aliphatic heterocycles. The van der Waals surface area contributed by atoms with Crippen LogP contribution in [-0.2, 0) is 11.2 Å². The van der Waals surface area contributed by atoms with E-state index < -0.39 is 0 Å². The highest BCUT2D eigenvalue weighted by atomic mass is 35.5. The van der Waals surface area contributed by atoms with E-state index in [1.165, 1.54) is 0 Å². The number of carbonyl (C=O) groups excluding carboxylic acids is 1. The molecule has 0 saturated heterocycles. The van der Waals surface area contributed by atoms with Gasteiger partial charge >= 0.3 is 0 Å². The fourth-order valence-electron chi connectivity index (χ4n) is 2.13. The third-order valence-electron chi connectivity index (χ3n) is 3.26. The predicted molar refractivity (Wildman–Crippen MR) is 86.2 cm³/mol. The minimum absolute atomic E-state index is 0.0339. The van der Waals surface area contributed by atoms with Crippen LogP contribution in [0.15, 0.2) is 54.6 Å². The van der Waals surface area contributed by atoms with Gasteiger partial charge in [0.2, 0.25) is 5.91 Å². The summed E-state index contributed by atoms with van der Waals surface area (Å²) in [6.45, 7) is 0.584. The zero-order valence-corrected chi connectivity index (χ0v) is 12.5. The van der Waals surface area contributed by atoms with Crippen molar-refractivity contribution in [3.63, 3.8) is 0 Å². The first kappa shape index (κ1) is 15.5. The van der Waals surface area contributed by atoms with Crippen LogP contribution in [0.2, 0.25) is 5.02 Å². The number of nitrogens with two attached hydrogens (primary N) is 1. The van der Waals surface area contributed by atoms with Gasteiger partial charge in [-0.25, -0.2) is 0 Å². The number of halogens is 1. The molecule has 0 aromatic heterocycles. The molecular weight excluding hydrogens is 284 g/mol. The van der Waals surface area contributed by atoms with E-state index in [4.69, 9.17) is 17.3 Å². The largest absolute Gasteiger partial charge is 0.356 e. The van der Waals surface area contributed by atoms with Crippen LogP contribution in [0.3, 0.4) is 0 Å². The second-order valence-corrected chi connectivity index (χ2v) is 5.39. The Hall–Kier alpha value is -1.84. The van der Waals surface area contributed by atoms with Crippen molar-refractivity contribution in [1.82, 2.24) is 5.32 Å². The molecule has 0 aliphatic carbocycles. The number of rotatable bonds is 6. The first-order valence-corrected chi connectivity index (χ1v) is 7.34. The molecule has 2 aromatic rings. The quantitative estimate of drug-likeness (QED) is 0.861. The zero-order valence-electron chi connectivity index (χ0n) is 11.8. The Morgan fingerprint density at radius 2 is 1.90 bits per heavy atom. The first-order chi connectivity index (χ1) is 10.1. The molecular formula is C17H19ClN2O. The van der Waals surface area contributed by atoms with Gasteiger partial charge in [-0.2, -0.15) is 0 Å². The van der Waals surface area contributed by atoms with Crippen molar-refractivity contribution >= 4 is 17.5 Å². The van der Waals surface area contributed by atoms with Gasteiger partial charge in [0.1, 0.15) is 0 Å². The van der Waals surface area contributed by atoms with E-state index in [2.05, 4.69) is 5.32 Å². The summed E-state index contributed by atoms with van der Waals surface area (Å²) in [5.74, 6) is -0.0339. The maximum absolute atomic E-state index is 11.9. The highest BCUT2D eigenvalue weighted by Crippen LogP contribution is 2.13. The van der Waals surface area contributed by atoms with Crippen LogP contribution in [0.4, 0.5) is 0 Å². The molecule has 0 radical (unpaired) electrons. The first-order valence-electron chi connectivity index (χ1n) is 6.97. The molecule has 0 spiro atoms. The Kier molecular flexibility index (Phi) is 5.78. The summed E-state index contributed by atoms with van der Waals surface area (Å²) >= 11 is 5.92. The molecule has 2 aromatic carbocycles. The number of benzene rings is 2. The van der Waals surface area contributed by atoms with E-state index in [-0.39, 0.29) is 11.9 Å². The molecule has 0 fully saturated rings. The summed E-state index contributed by atoms with van der Waals surface area (Å²) in [5, 5.41) is 3.60. The third kappa shape index (κ3) is 5.21. The number of nitrogens with one attached hydrogen (secondary N) is 1. The van der Waals surface area contributed by atoms with E-state index in [0.717, 1.165) is 17.5 Å². The summed E-state index contributed by atoms with van der Waals surface area (Å²) in [7, 11) is 0. The average Bonchev–Trinajstić information content (AvgIpc) is 2.48. The van der Waals surface area contributed by atoms with E-state index in [1.54, 1.807) is 0 Å². The van der Waals surface area contributed by atoms with Gasteiger partial charge in [-0.15, -0.1) is 0 Å². The number of hydrogen-bond acceptors (Lipinski definition) is 2. The molecule has 0 bridgehead atoms. The van der Waals surface area contributed by atoms with Gasteiger partial charge in [0.05, 0.1) is 0 Å². The Bertz CT molecular complexity index is 586. The van der Waals surface area contributed by atoms with Crippen LogP contribution in [-0.4, -0.2) is 12.5 Å². The summed E-state index contributed by atoms with van der Waals surface area (Å²) in [4.78, 5) is 11.9. The lowest BCUT2D eigenvalue weighted by atomic mass is 10.0. The number of amides is 1. The number of carbonyl (C=O) groups is 1. The zero-order chi connectivity index (χ0) is 15.1. The SMILES string of the molecule is NC(CC(=O)NCCc1cccc(Cl)c1)c1ccccc1. The fourth-order valence-corrected chi connectivity index (χ4v) is 2.34. The van der Waals surface area contributed by atoms with Gasteiger partial charge in [0, 0.05) is 24.0 Å². The maximum atomic E-state index is 11.9. The number of hydrogen-bond donors (Lipinski definition) is 2. The lowest BCUT2D eigenvalue weighted by Gasteiger charge is -2.12. The van der Waals surface area contributed by atoms with Crippen molar-refractivity contribution in [2.75, 3.05) is 6.54 Å². The standard InChI is InChI=1S/C17H19ClN2O/c18-15-8-4-5-13(11-15)9-10-20-17(21)12-16(19)14-6-2-1-3-7-14/h1-8,11,16H,9-10,12,19H2,(H,20,21). The monoisotopic (exact) mass is 302 g/mol. The van der Waals surface area contributed by atoms with Crippen LogP contribution >= 0.6 is 11.6 Å². The highest BCUT2D eigenvalue weighted by Gasteiger charge is 2.10. The molecule has 110 valence electrons. The van der Waals surface area contributed by atoms with Crippen molar-refractivity contribution in [2.45, 2.75) is 18.9 Å². The highest BCUT2D eigenvalue weighted by molar-refractivity contribution is 6.30.